The molecule has 1 aliphatic carbocycles. The van der Waals surface area contributed by atoms with E-state index < -0.39 is 0 Å². The van der Waals surface area contributed by atoms with Crippen molar-refractivity contribution in [1.29, 1.82) is 0 Å². The molecule has 2 aliphatic rings. The first-order chi connectivity index (χ1) is 16.5. The van der Waals surface area contributed by atoms with E-state index in [1.807, 2.05) is 24.3 Å². The minimum atomic E-state index is -0.303. The summed E-state index contributed by atoms with van der Waals surface area (Å²) >= 11 is 0. The Labute approximate surface area is 201 Å². The van der Waals surface area contributed by atoms with E-state index in [4.69, 9.17) is 4.74 Å². The molecule has 7 nitrogen and oxygen atoms in total. The summed E-state index contributed by atoms with van der Waals surface area (Å²) in [7, 11) is 1.67. The SMILES string of the molecule is COc1cccc(C2CN(Cc3ccccc3[N+](=O)[O-])CC2CN(C(C)=O)C2CCCCC2)c1. The van der Waals surface area contributed by atoms with Gasteiger partial charge in [0, 0.05) is 56.7 Å². The van der Waals surface area contributed by atoms with Gasteiger partial charge in [0.2, 0.25) is 5.91 Å². The molecule has 34 heavy (non-hydrogen) atoms. The van der Waals surface area contributed by atoms with E-state index in [1.54, 1.807) is 26.2 Å². The number of carbonyl (C=O) groups is 1. The highest BCUT2D eigenvalue weighted by atomic mass is 16.6. The third-order valence-electron chi connectivity index (χ3n) is 7.47. The molecule has 1 amide bonds. The van der Waals surface area contributed by atoms with E-state index in [9.17, 15) is 14.9 Å². The molecule has 0 bridgehead atoms. The number of benzene rings is 2. The number of nitro groups is 1. The first-order valence-corrected chi connectivity index (χ1v) is 12.3. The van der Waals surface area contributed by atoms with E-state index in [-0.39, 0.29) is 28.4 Å². The maximum Gasteiger partial charge on any atom is 0.273 e. The van der Waals surface area contributed by atoms with Gasteiger partial charge in [-0.15, -0.1) is 0 Å². The molecule has 2 atom stereocenters. The van der Waals surface area contributed by atoms with Crippen molar-refractivity contribution in [3.8, 4) is 5.75 Å². The molecule has 2 aromatic carbocycles. The molecule has 0 N–H and O–H groups in total. The van der Waals surface area contributed by atoms with Crippen molar-refractivity contribution in [3.63, 3.8) is 0 Å². The molecule has 1 aliphatic heterocycles. The van der Waals surface area contributed by atoms with Gasteiger partial charge in [0.1, 0.15) is 5.75 Å². The summed E-state index contributed by atoms with van der Waals surface area (Å²) in [6.45, 7) is 4.52. The van der Waals surface area contributed by atoms with Crippen LogP contribution in [-0.2, 0) is 11.3 Å². The second-order valence-corrected chi connectivity index (χ2v) is 9.69. The fourth-order valence-electron chi connectivity index (χ4n) is 5.77. The van der Waals surface area contributed by atoms with Crippen LogP contribution < -0.4 is 4.74 Å². The van der Waals surface area contributed by atoms with Gasteiger partial charge in [0.05, 0.1) is 12.0 Å². The molecule has 2 aromatic rings. The van der Waals surface area contributed by atoms with Gasteiger partial charge in [-0.3, -0.25) is 19.8 Å². The number of nitro benzene ring substituents is 1. The Morgan fingerprint density at radius 2 is 1.88 bits per heavy atom. The van der Waals surface area contributed by atoms with E-state index in [1.165, 1.54) is 24.8 Å². The third-order valence-corrected chi connectivity index (χ3v) is 7.47. The van der Waals surface area contributed by atoms with Crippen molar-refractivity contribution in [3.05, 3.63) is 69.8 Å². The van der Waals surface area contributed by atoms with Gasteiger partial charge in [-0.05, 0) is 36.5 Å². The van der Waals surface area contributed by atoms with Gasteiger partial charge in [-0.2, -0.15) is 0 Å². The molecule has 2 fully saturated rings. The quantitative estimate of drug-likeness (QED) is 0.405. The summed E-state index contributed by atoms with van der Waals surface area (Å²) in [5.41, 5.74) is 2.09. The molecular formula is C27H35N3O4. The van der Waals surface area contributed by atoms with E-state index in [2.05, 4.69) is 21.9 Å². The third kappa shape index (κ3) is 5.58. The topological polar surface area (TPSA) is 75.9 Å². The number of carbonyl (C=O) groups excluding carboxylic acids is 1. The number of likely N-dealkylation sites (tertiary alicyclic amines) is 1. The van der Waals surface area contributed by atoms with Crippen LogP contribution in [0.4, 0.5) is 5.69 Å². The summed E-state index contributed by atoms with van der Waals surface area (Å²) in [4.78, 5) is 28.3. The van der Waals surface area contributed by atoms with Crippen LogP contribution in [0.5, 0.6) is 5.75 Å². The van der Waals surface area contributed by atoms with Crippen LogP contribution in [0.1, 0.15) is 56.1 Å². The number of rotatable bonds is 8. The monoisotopic (exact) mass is 465 g/mol. The predicted octanol–water partition coefficient (Wildman–Crippen LogP) is 5.00. The van der Waals surface area contributed by atoms with Crippen molar-refractivity contribution in [2.75, 3.05) is 26.7 Å². The van der Waals surface area contributed by atoms with Gasteiger partial charge < -0.3 is 9.64 Å². The summed E-state index contributed by atoms with van der Waals surface area (Å²) in [6.07, 6.45) is 5.78. The highest BCUT2D eigenvalue weighted by molar-refractivity contribution is 5.73. The maximum atomic E-state index is 12.7. The minimum absolute atomic E-state index is 0.147. The van der Waals surface area contributed by atoms with Crippen LogP contribution in [0.25, 0.3) is 0 Å². The van der Waals surface area contributed by atoms with E-state index in [0.29, 0.717) is 12.6 Å². The van der Waals surface area contributed by atoms with Crippen LogP contribution in [0.3, 0.4) is 0 Å². The molecule has 182 valence electrons. The lowest BCUT2D eigenvalue weighted by Gasteiger charge is -2.36. The van der Waals surface area contributed by atoms with Crippen LogP contribution >= 0.6 is 0 Å². The Morgan fingerprint density at radius 3 is 2.59 bits per heavy atom. The average Bonchev–Trinajstić information content (AvgIpc) is 3.25. The Kier molecular flexibility index (Phi) is 7.83. The second kappa shape index (κ2) is 11.0. The number of para-hydroxylation sites is 1. The van der Waals surface area contributed by atoms with Gasteiger partial charge in [0.25, 0.3) is 5.69 Å². The second-order valence-electron chi connectivity index (χ2n) is 9.69. The zero-order chi connectivity index (χ0) is 24.1. The number of amides is 1. The summed E-state index contributed by atoms with van der Waals surface area (Å²) in [5.74, 6) is 1.45. The number of hydrogen-bond acceptors (Lipinski definition) is 5. The van der Waals surface area contributed by atoms with E-state index >= 15 is 0 Å². The largest absolute Gasteiger partial charge is 0.497 e. The molecule has 0 spiro atoms. The summed E-state index contributed by atoms with van der Waals surface area (Å²) < 4.78 is 5.48. The first-order valence-electron chi connectivity index (χ1n) is 12.3. The van der Waals surface area contributed by atoms with Crippen molar-refractivity contribution >= 4 is 11.6 Å². The molecule has 1 saturated heterocycles. The summed E-state index contributed by atoms with van der Waals surface area (Å²) in [5, 5.41) is 11.5. The maximum absolute atomic E-state index is 12.7. The normalized spacial score (nSPS) is 21.4. The average molecular weight is 466 g/mol. The smallest absolute Gasteiger partial charge is 0.273 e. The molecule has 1 saturated carbocycles. The lowest BCUT2D eigenvalue weighted by molar-refractivity contribution is -0.385. The minimum Gasteiger partial charge on any atom is -0.497 e. The van der Waals surface area contributed by atoms with Crippen LogP contribution in [0.15, 0.2) is 48.5 Å². The standard InChI is InChI=1S/C27H35N3O4/c1-20(31)29(24-11-4-3-5-12-24)18-23-17-28(16-22-9-6-7-14-27(22)30(32)33)19-26(23)21-10-8-13-25(15-21)34-2/h6-10,13-15,23-24,26H,3-5,11-12,16-19H2,1-2H3. The summed E-state index contributed by atoms with van der Waals surface area (Å²) in [6, 6.07) is 15.5. The van der Waals surface area contributed by atoms with Gasteiger partial charge in [-0.25, -0.2) is 0 Å². The van der Waals surface area contributed by atoms with Crippen molar-refractivity contribution in [1.82, 2.24) is 9.80 Å². The number of nitrogens with zero attached hydrogens (tertiary/aromatic N) is 3. The molecular weight excluding hydrogens is 430 g/mol. The predicted molar refractivity (Wildman–Crippen MR) is 132 cm³/mol. The highest BCUT2D eigenvalue weighted by Gasteiger charge is 2.37. The first kappa shape index (κ1) is 24.2. The molecule has 4 rings (SSSR count). The molecule has 7 heteroatoms. The van der Waals surface area contributed by atoms with Crippen LogP contribution in [0.2, 0.25) is 0 Å². The van der Waals surface area contributed by atoms with Crippen molar-refractivity contribution < 1.29 is 14.5 Å². The Hall–Kier alpha value is -2.93. The lowest BCUT2D eigenvalue weighted by atomic mass is 9.87. The lowest BCUT2D eigenvalue weighted by Crippen LogP contribution is -2.44. The molecule has 2 unspecified atom stereocenters. The number of hydrogen-bond donors (Lipinski definition) is 0. The van der Waals surface area contributed by atoms with Crippen molar-refractivity contribution in [2.45, 2.75) is 57.5 Å². The Morgan fingerprint density at radius 1 is 1.12 bits per heavy atom. The van der Waals surface area contributed by atoms with Gasteiger partial charge in [-0.1, -0.05) is 49.6 Å². The van der Waals surface area contributed by atoms with Gasteiger partial charge in [0.15, 0.2) is 0 Å². The highest BCUT2D eigenvalue weighted by Crippen LogP contribution is 2.37. The number of methoxy groups -OCH3 is 1. The molecule has 1 heterocycles. The fourth-order valence-corrected chi connectivity index (χ4v) is 5.77. The van der Waals surface area contributed by atoms with Crippen LogP contribution in [-0.4, -0.2) is 53.4 Å². The molecule has 0 aromatic heterocycles. The zero-order valence-electron chi connectivity index (χ0n) is 20.2. The fraction of sp³-hybridized carbons (Fsp3) is 0.519. The Bertz CT molecular complexity index is 1000. The zero-order valence-corrected chi connectivity index (χ0v) is 20.2. The Balaban J connectivity index is 1.59. The van der Waals surface area contributed by atoms with E-state index in [0.717, 1.165) is 43.8 Å². The van der Waals surface area contributed by atoms with Gasteiger partial charge >= 0.3 is 0 Å². The number of ether oxygens (including phenoxy) is 1. The molecule has 0 radical (unpaired) electrons. The van der Waals surface area contributed by atoms with Crippen molar-refractivity contribution in [2.24, 2.45) is 5.92 Å². The van der Waals surface area contributed by atoms with Crippen LogP contribution in [0, 0.1) is 16.0 Å².